The standard InChI is InChI=1S/C15H23N3O3S/c1-5-18(14(20)21-15(2,3)4)10-9-16-12(19)11-7-6-8-17-13(11)22/h6-8H,5,9-10H2,1-4H3,(H,16,19)(H,17,22). The Morgan fingerprint density at radius 3 is 2.64 bits per heavy atom. The van der Waals surface area contributed by atoms with Gasteiger partial charge in [-0.25, -0.2) is 4.79 Å². The highest BCUT2D eigenvalue weighted by molar-refractivity contribution is 7.71. The van der Waals surface area contributed by atoms with Gasteiger partial charge in [0.1, 0.15) is 10.2 Å². The van der Waals surface area contributed by atoms with E-state index < -0.39 is 5.60 Å². The molecule has 0 saturated heterocycles. The fraction of sp³-hybridized carbons (Fsp3) is 0.533. The van der Waals surface area contributed by atoms with Crippen LogP contribution in [-0.2, 0) is 4.74 Å². The Bertz CT molecular complexity index is 578. The number of hydrogen-bond acceptors (Lipinski definition) is 4. The Balaban J connectivity index is 2.51. The van der Waals surface area contributed by atoms with E-state index in [1.54, 1.807) is 18.3 Å². The lowest BCUT2D eigenvalue weighted by Crippen LogP contribution is -2.41. The van der Waals surface area contributed by atoms with Crippen molar-refractivity contribution in [2.45, 2.75) is 33.3 Å². The SMILES string of the molecule is CCN(CCNC(=O)c1ccc[nH]c1=S)C(=O)OC(C)(C)C. The van der Waals surface area contributed by atoms with Gasteiger partial charge in [0.05, 0.1) is 5.56 Å². The van der Waals surface area contributed by atoms with Crippen molar-refractivity contribution < 1.29 is 14.3 Å². The lowest BCUT2D eigenvalue weighted by atomic mass is 10.2. The van der Waals surface area contributed by atoms with Gasteiger partial charge in [0.25, 0.3) is 5.91 Å². The number of H-pyrrole nitrogens is 1. The molecule has 1 aromatic heterocycles. The predicted octanol–water partition coefficient (Wildman–Crippen LogP) is 2.73. The smallest absolute Gasteiger partial charge is 0.410 e. The van der Waals surface area contributed by atoms with Crippen molar-refractivity contribution >= 4 is 24.2 Å². The number of carbonyl (C=O) groups excluding carboxylic acids is 2. The molecule has 0 aliphatic heterocycles. The van der Waals surface area contributed by atoms with Crippen LogP contribution < -0.4 is 5.32 Å². The van der Waals surface area contributed by atoms with Crippen LogP contribution >= 0.6 is 12.2 Å². The van der Waals surface area contributed by atoms with E-state index in [0.29, 0.717) is 29.8 Å². The minimum Gasteiger partial charge on any atom is -0.444 e. The van der Waals surface area contributed by atoms with Crippen molar-refractivity contribution in [3.63, 3.8) is 0 Å². The number of ether oxygens (including phenoxy) is 1. The number of aromatic amines is 1. The molecule has 0 aliphatic carbocycles. The van der Waals surface area contributed by atoms with E-state index in [-0.39, 0.29) is 12.0 Å². The van der Waals surface area contributed by atoms with E-state index in [1.807, 2.05) is 27.7 Å². The normalized spacial score (nSPS) is 10.9. The lowest BCUT2D eigenvalue weighted by Gasteiger charge is -2.26. The van der Waals surface area contributed by atoms with Crippen LogP contribution in [0.2, 0.25) is 0 Å². The average Bonchev–Trinajstić information content (AvgIpc) is 2.41. The van der Waals surface area contributed by atoms with Crippen LogP contribution in [0.5, 0.6) is 0 Å². The maximum absolute atomic E-state index is 12.0. The summed E-state index contributed by atoms with van der Waals surface area (Å²) in [5.74, 6) is -0.262. The second-order valence-corrected chi connectivity index (χ2v) is 6.14. The highest BCUT2D eigenvalue weighted by atomic mass is 32.1. The van der Waals surface area contributed by atoms with Crippen LogP contribution in [-0.4, -0.2) is 47.1 Å². The van der Waals surface area contributed by atoms with Gasteiger partial charge in [-0.2, -0.15) is 0 Å². The third-order valence-corrected chi connectivity index (χ3v) is 3.10. The van der Waals surface area contributed by atoms with Gasteiger partial charge in [-0.15, -0.1) is 0 Å². The molecule has 22 heavy (non-hydrogen) atoms. The third kappa shape index (κ3) is 5.85. The Labute approximate surface area is 135 Å². The lowest BCUT2D eigenvalue weighted by molar-refractivity contribution is 0.0261. The van der Waals surface area contributed by atoms with Gasteiger partial charge in [0.2, 0.25) is 0 Å². The van der Waals surface area contributed by atoms with Gasteiger partial charge >= 0.3 is 6.09 Å². The first-order valence-electron chi connectivity index (χ1n) is 7.18. The zero-order valence-corrected chi connectivity index (χ0v) is 14.3. The summed E-state index contributed by atoms with van der Waals surface area (Å²) >= 11 is 5.05. The number of likely N-dealkylation sites (N-methyl/N-ethyl adjacent to an activating group) is 1. The fourth-order valence-electron chi connectivity index (χ4n) is 1.70. The van der Waals surface area contributed by atoms with Crippen molar-refractivity contribution in [3.8, 4) is 0 Å². The summed E-state index contributed by atoms with van der Waals surface area (Å²) in [6.45, 7) is 8.53. The summed E-state index contributed by atoms with van der Waals surface area (Å²) in [5, 5.41) is 2.75. The summed E-state index contributed by atoms with van der Waals surface area (Å²) in [6, 6.07) is 3.36. The molecule has 2 N–H and O–H groups in total. The summed E-state index contributed by atoms with van der Waals surface area (Å²) in [7, 11) is 0. The molecule has 0 radical (unpaired) electrons. The first-order chi connectivity index (χ1) is 10.2. The molecule has 122 valence electrons. The molecule has 6 nitrogen and oxygen atoms in total. The molecule has 0 atom stereocenters. The molecule has 1 heterocycles. The number of aromatic nitrogens is 1. The number of carbonyl (C=O) groups is 2. The Hall–Kier alpha value is -1.89. The molecule has 0 spiro atoms. The second kappa shape index (κ2) is 7.93. The number of amides is 2. The van der Waals surface area contributed by atoms with E-state index in [2.05, 4.69) is 10.3 Å². The van der Waals surface area contributed by atoms with E-state index in [4.69, 9.17) is 17.0 Å². The largest absolute Gasteiger partial charge is 0.444 e. The maximum atomic E-state index is 12.0. The molecule has 1 aromatic rings. The number of nitrogens with zero attached hydrogens (tertiary/aromatic N) is 1. The topological polar surface area (TPSA) is 74.4 Å². The van der Waals surface area contributed by atoms with Crippen molar-refractivity contribution in [2.75, 3.05) is 19.6 Å². The van der Waals surface area contributed by atoms with Crippen LogP contribution in [0.4, 0.5) is 4.79 Å². The second-order valence-electron chi connectivity index (χ2n) is 5.73. The Morgan fingerprint density at radius 2 is 2.09 bits per heavy atom. The van der Waals surface area contributed by atoms with Gasteiger partial charge in [0.15, 0.2) is 0 Å². The third-order valence-electron chi connectivity index (χ3n) is 2.76. The molecule has 0 aliphatic rings. The highest BCUT2D eigenvalue weighted by Gasteiger charge is 2.20. The zero-order valence-electron chi connectivity index (χ0n) is 13.4. The van der Waals surface area contributed by atoms with Crippen LogP contribution in [0.25, 0.3) is 0 Å². The van der Waals surface area contributed by atoms with Gasteiger partial charge in [0, 0.05) is 25.8 Å². The molecule has 0 saturated carbocycles. The summed E-state index contributed by atoms with van der Waals surface area (Å²) in [5.41, 5.74) is -0.122. The fourth-order valence-corrected chi connectivity index (χ4v) is 1.93. The number of pyridine rings is 1. The first kappa shape index (κ1) is 18.2. The van der Waals surface area contributed by atoms with E-state index in [9.17, 15) is 9.59 Å². The van der Waals surface area contributed by atoms with Gasteiger partial charge in [-0.3, -0.25) is 4.79 Å². The molecule has 0 bridgehead atoms. The molecule has 0 fully saturated rings. The summed E-state index contributed by atoms with van der Waals surface area (Å²) in [4.78, 5) is 28.3. The van der Waals surface area contributed by atoms with Crippen LogP contribution in [0, 0.1) is 4.64 Å². The minimum absolute atomic E-state index is 0.262. The summed E-state index contributed by atoms with van der Waals surface area (Å²) in [6.07, 6.45) is 1.28. The number of rotatable bonds is 5. The number of nitrogens with one attached hydrogen (secondary N) is 2. The molecule has 2 amide bonds. The minimum atomic E-state index is -0.537. The molecule has 1 rings (SSSR count). The van der Waals surface area contributed by atoms with Crippen molar-refractivity contribution in [1.82, 2.24) is 15.2 Å². The summed E-state index contributed by atoms with van der Waals surface area (Å²) < 4.78 is 5.69. The highest BCUT2D eigenvalue weighted by Crippen LogP contribution is 2.09. The van der Waals surface area contributed by atoms with Gasteiger partial charge < -0.3 is 19.9 Å². The average molecular weight is 325 g/mol. The van der Waals surface area contributed by atoms with Gasteiger partial charge in [-0.1, -0.05) is 12.2 Å². The predicted molar refractivity (Wildman–Crippen MR) is 87.4 cm³/mol. The van der Waals surface area contributed by atoms with Crippen LogP contribution in [0.15, 0.2) is 18.3 Å². The Morgan fingerprint density at radius 1 is 1.41 bits per heavy atom. The molecule has 7 heteroatoms. The molecule has 0 aromatic carbocycles. The molecular formula is C15H23N3O3S. The van der Waals surface area contributed by atoms with Crippen LogP contribution in [0.3, 0.4) is 0 Å². The molecular weight excluding hydrogens is 302 g/mol. The van der Waals surface area contributed by atoms with E-state index in [1.165, 1.54) is 4.90 Å². The number of hydrogen-bond donors (Lipinski definition) is 2. The van der Waals surface area contributed by atoms with E-state index >= 15 is 0 Å². The quantitative estimate of drug-likeness (QED) is 0.816. The van der Waals surface area contributed by atoms with Crippen LogP contribution in [0.1, 0.15) is 38.1 Å². The van der Waals surface area contributed by atoms with Gasteiger partial charge in [-0.05, 0) is 39.8 Å². The van der Waals surface area contributed by atoms with Crippen molar-refractivity contribution in [1.29, 1.82) is 0 Å². The molecule has 0 unspecified atom stereocenters. The van der Waals surface area contributed by atoms with Crippen molar-refractivity contribution in [2.24, 2.45) is 0 Å². The monoisotopic (exact) mass is 325 g/mol. The first-order valence-corrected chi connectivity index (χ1v) is 7.59. The zero-order chi connectivity index (χ0) is 16.8. The van der Waals surface area contributed by atoms with Crippen molar-refractivity contribution in [3.05, 3.63) is 28.5 Å². The van der Waals surface area contributed by atoms with E-state index in [0.717, 1.165) is 0 Å². The Kier molecular flexibility index (Phi) is 6.55. The maximum Gasteiger partial charge on any atom is 0.410 e.